The van der Waals surface area contributed by atoms with Crippen LogP contribution in [0.3, 0.4) is 0 Å². The molecule has 0 unspecified atom stereocenters. The fourth-order valence-electron chi connectivity index (χ4n) is 2.38. The van der Waals surface area contributed by atoms with Crippen molar-refractivity contribution in [2.75, 3.05) is 0 Å². The summed E-state index contributed by atoms with van der Waals surface area (Å²) in [7, 11) is 0. The molecule has 1 fully saturated rings. The first-order valence-electron chi connectivity index (χ1n) is 6.22. The molecule has 2 N–H and O–H groups in total. The van der Waals surface area contributed by atoms with Crippen LogP contribution in [0, 0.1) is 6.92 Å². The molecule has 0 bridgehead atoms. The second-order valence-electron chi connectivity index (χ2n) is 4.85. The highest BCUT2D eigenvalue weighted by molar-refractivity contribution is 5.97. The first-order valence-corrected chi connectivity index (χ1v) is 6.22. The molecular weight excluding hydrogens is 230 g/mol. The van der Waals surface area contributed by atoms with Gasteiger partial charge in [0.05, 0.1) is 5.56 Å². The van der Waals surface area contributed by atoms with Crippen molar-refractivity contribution in [2.45, 2.75) is 38.6 Å². The van der Waals surface area contributed by atoms with Crippen molar-refractivity contribution in [3.8, 4) is 0 Å². The molecule has 1 saturated carbocycles. The number of carbonyl (C=O) groups excluding carboxylic acids is 1. The highest BCUT2D eigenvalue weighted by Crippen LogP contribution is 2.18. The summed E-state index contributed by atoms with van der Waals surface area (Å²) in [4.78, 5) is 23.0. The first kappa shape index (κ1) is 12.6. The van der Waals surface area contributed by atoms with Crippen LogP contribution in [0.1, 0.15) is 52.0 Å². The van der Waals surface area contributed by atoms with Crippen molar-refractivity contribution in [1.82, 2.24) is 5.32 Å². The van der Waals surface area contributed by atoms with Crippen molar-refractivity contribution >= 4 is 11.9 Å². The number of rotatable bonds is 3. The maximum Gasteiger partial charge on any atom is 0.335 e. The lowest BCUT2D eigenvalue weighted by Gasteiger charge is -2.12. The molecular formula is C14H17NO3. The zero-order chi connectivity index (χ0) is 13.1. The Labute approximate surface area is 106 Å². The lowest BCUT2D eigenvalue weighted by atomic mass is 10.1. The third kappa shape index (κ3) is 2.88. The van der Waals surface area contributed by atoms with Crippen LogP contribution in [-0.2, 0) is 0 Å². The van der Waals surface area contributed by atoms with Crippen LogP contribution in [0.25, 0.3) is 0 Å². The molecule has 0 spiro atoms. The topological polar surface area (TPSA) is 66.4 Å². The molecule has 4 nitrogen and oxygen atoms in total. The summed E-state index contributed by atoms with van der Waals surface area (Å²) in [6.45, 7) is 1.79. The van der Waals surface area contributed by atoms with E-state index >= 15 is 0 Å². The van der Waals surface area contributed by atoms with E-state index in [1.165, 1.54) is 6.07 Å². The molecule has 1 aromatic carbocycles. The van der Waals surface area contributed by atoms with Gasteiger partial charge in [-0.05, 0) is 43.5 Å². The van der Waals surface area contributed by atoms with Crippen molar-refractivity contribution in [3.05, 3.63) is 34.9 Å². The van der Waals surface area contributed by atoms with Crippen LogP contribution < -0.4 is 5.32 Å². The van der Waals surface area contributed by atoms with Gasteiger partial charge in [0.1, 0.15) is 0 Å². The number of carboxylic acids is 1. The van der Waals surface area contributed by atoms with Crippen LogP contribution in [0.2, 0.25) is 0 Å². The molecule has 1 amide bonds. The summed E-state index contributed by atoms with van der Waals surface area (Å²) in [5.74, 6) is -1.18. The third-order valence-corrected chi connectivity index (χ3v) is 3.28. The van der Waals surface area contributed by atoms with Crippen LogP contribution >= 0.6 is 0 Å². The molecule has 0 saturated heterocycles. The molecule has 0 aromatic heterocycles. The predicted octanol–water partition coefficient (Wildman–Crippen LogP) is 2.37. The van der Waals surface area contributed by atoms with Gasteiger partial charge in [-0.25, -0.2) is 4.79 Å². The van der Waals surface area contributed by atoms with Gasteiger partial charge >= 0.3 is 5.97 Å². The number of aryl methyl sites for hydroxylation is 1. The van der Waals surface area contributed by atoms with E-state index in [9.17, 15) is 9.59 Å². The molecule has 0 atom stereocenters. The lowest BCUT2D eigenvalue weighted by molar-refractivity contribution is 0.0696. The molecule has 0 heterocycles. The minimum absolute atomic E-state index is 0.159. The second-order valence-corrected chi connectivity index (χ2v) is 4.85. The Morgan fingerprint density at radius 3 is 2.39 bits per heavy atom. The Balaban J connectivity index is 2.16. The molecule has 4 heteroatoms. The number of aromatic carboxylic acids is 1. The number of benzene rings is 1. The van der Waals surface area contributed by atoms with Crippen molar-refractivity contribution < 1.29 is 14.7 Å². The Morgan fingerprint density at radius 2 is 1.78 bits per heavy atom. The van der Waals surface area contributed by atoms with E-state index in [-0.39, 0.29) is 17.5 Å². The normalized spacial score (nSPS) is 15.6. The van der Waals surface area contributed by atoms with Crippen molar-refractivity contribution in [1.29, 1.82) is 0 Å². The van der Waals surface area contributed by atoms with E-state index in [0.717, 1.165) is 31.2 Å². The van der Waals surface area contributed by atoms with E-state index in [2.05, 4.69) is 5.32 Å². The quantitative estimate of drug-likeness (QED) is 0.861. The molecule has 96 valence electrons. The van der Waals surface area contributed by atoms with Crippen LogP contribution in [0.4, 0.5) is 0 Å². The van der Waals surface area contributed by atoms with Crippen molar-refractivity contribution in [2.24, 2.45) is 0 Å². The van der Waals surface area contributed by atoms with Crippen LogP contribution in [0.5, 0.6) is 0 Å². The molecule has 1 aliphatic rings. The number of carboxylic acid groups (broad SMARTS) is 1. The third-order valence-electron chi connectivity index (χ3n) is 3.28. The average Bonchev–Trinajstić information content (AvgIpc) is 2.80. The largest absolute Gasteiger partial charge is 0.478 e. The summed E-state index contributed by atoms with van der Waals surface area (Å²) >= 11 is 0. The van der Waals surface area contributed by atoms with E-state index in [0.29, 0.717) is 5.56 Å². The highest BCUT2D eigenvalue weighted by atomic mass is 16.4. The zero-order valence-electron chi connectivity index (χ0n) is 10.4. The summed E-state index contributed by atoms with van der Waals surface area (Å²) in [5.41, 5.74) is 1.37. The standard InChI is InChI=1S/C14H17NO3/c1-9-6-10(8-11(7-9)14(17)18)13(16)15-12-4-2-3-5-12/h6-8,12H,2-5H2,1H3,(H,15,16)(H,17,18). The molecule has 18 heavy (non-hydrogen) atoms. The Morgan fingerprint density at radius 1 is 1.17 bits per heavy atom. The number of nitrogens with one attached hydrogen (secondary N) is 1. The number of hydrogen-bond acceptors (Lipinski definition) is 2. The summed E-state index contributed by atoms with van der Waals surface area (Å²) < 4.78 is 0. The average molecular weight is 247 g/mol. The molecule has 2 rings (SSSR count). The Bertz CT molecular complexity index is 476. The van der Waals surface area contributed by atoms with Crippen LogP contribution in [0.15, 0.2) is 18.2 Å². The summed E-state index contributed by atoms with van der Waals surface area (Å²) in [6.07, 6.45) is 4.34. The highest BCUT2D eigenvalue weighted by Gasteiger charge is 2.18. The van der Waals surface area contributed by atoms with E-state index < -0.39 is 5.97 Å². The minimum atomic E-state index is -1.01. The SMILES string of the molecule is Cc1cc(C(=O)O)cc(C(=O)NC2CCCC2)c1. The molecule has 1 aliphatic carbocycles. The first-order chi connectivity index (χ1) is 8.56. The smallest absolute Gasteiger partial charge is 0.335 e. The molecule has 1 aromatic rings. The number of hydrogen-bond donors (Lipinski definition) is 2. The second kappa shape index (κ2) is 5.21. The van der Waals surface area contributed by atoms with Crippen LogP contribution in [-0.4, -0.2) is 23.0 Å². The lowest BCUT2D eigenvalue weighted by Crippen LogP contribution is -2.32. The van der Waals surface area contributed by atoms with Gasteiger partial charge in [0.25, 0.3) is 5.91 Å². The minimum Gasteiger partial charge on any atom is -0.478 e. The molecule has 0 radical (unpaired) electrons. The van der Waals surface area contributed by atoms with Crippen molar-refractivity contribution in [3.63, 3.8) is 0 Å². The summed E-state index contributed by atoms with van der Waals surface area (Å²) in [6, 6.07) is 4.96. The van der Waals surface area contributed by atoms with Gasteiger partial charge in [-0.2, -0.15) is 0 Å². The van der Waals surface area contributed by atoms with E-state index in [1.807, 2.05) is 0 Å². The van der Waals surface area contributed by atoms with E-state index in [4.69, 9.17) is 5.11 Å². The van der Waals surface area contributed by atoms with Gasteiger partial charge in [0.2, 0.25) is 0 Å². The van der Waals surface area contributed by atoms with Gasteiger partial charge in [-0.3, -0.25) is 4.79 Å². The monoisotopic (exact) mass is 247 g/mol. The Kier molecular flexibility index (Phi) is 3.65. The predicted molar refractivity (Wildman–Crippen MR) is 67.9 cm³/mol. The summed E-state index contributed by atoms with van der Waals surface area (Å²) in [5, 5.41) is 11.9. The molecule has 0 aliphatic heterocycles. The van der Waals surface area contributed by atoms with E-state index in [1.54, 1.807) is 19.1 Å². The maximum atomic E-state index is 12.0. The zero-order valence-corrected chi connectivity index (χ0v) is 10.4. The fraction of sp³-hybridized carbons (Fsp3) is 0.429. The Hall–Kier alpha value is -1.84. The maximum absolute atomic E-state index is 12.0. The van der Waals surface area contributed by atoms with Gasteiger partial charge in [0, 0.05) is 11.6 Å². The van der Waals surface area contributed by atoms with Gasteiger partial charge in [0.15, 0.2) is 0 Å². The van der Waals surface area contributed by atoms with Gasteiger partial charge in [-0.15, -0.1) is 0 Å². The number of carbonyl (C=O) groups is 2. The van der Waals surface area contributed by atoms with Gasteiger partial charge in [-0.1, -0.05) is 12.8 Å². The van der Waals surface area contributed by atoms with Gasteiger partial charge < -0.3 is 10.4 Å². The number of amides is 1. The fourth-order valence-corrected chi connectivity index (χ4v) is 2.38.